The van der Waals surface area contributed by atoms with Gasteiger partial charge in [0.1, 0.15) is 0 Å². The molecule has 2 N–H and O–H groups in total. The van der Waals surface area contributed by atoms with E-state index in [1.807, 2.05) is 49.6 Å². The molecule has 4 aromatic rings. The summed E-state index contributed by atoms with van der Waals surface area (Å²) in [6.45, 7) is 6.14. The van der Waals surface area contributed by atoms with E-state index in [2.05, 4.69) is 15.0 Å². The molecule has 1 aromatic heterocycles. The third-order valence-electron chi connectivity index (χ3n) is 4.91. The van der Waals surface area contributed by atoms with Crippen molar-refractivity contribution in [2.45, 2.75) is 31.2 Å². The van der Waals surface area contributed by atoms with Gasteiger partial charge >= 0.3 is 0 Å². The van der Waals surface area contributed by atoms with Gasteiger partial charge < -0.3 is 4.57 Å². The molecule has 0 unspecified atom stereocenters. The van der Waals surface area contributed by atoms with Crippen LogP contribution in [0.4, 0.5) is 11.6 Å². The number of sulfonamides is 1. The van der Waals surface area contributed by atoms with Gasteiger partial charge in [0.15, 0.2) is 0 Å². The van der Waals surface area contributed by atoms with Gasteiger partial charge in [0.05, 0.1) is 15.9 Å². The van der Waals surface area contributed by atoms with Crippen LogP contribution in [0.3, 0.4) is 0 Å². The SMILES string of the molecule is CC(C)(C)n1c(NC(=O)c2ccc(NS(=O)(=O)c3ccccc3)cc2)nc2ccccc21. The molecule has 1 amide bonds. The van der Waals surface area contributed by atoms with Crippen LogP contribution in [0.5, 0.6) is 0 Å². The Morgan fingerprint density at radius 2 is 1.50 bits per heavy atom. The van der Waals surface area contributed by atoms with Crippen molar-refractivity contribution in [1.29, 1.82) is 0 Å². The van der Waals surface area contributed by atoms with Crippen LogP contribution in [0, 0.1) is 0 Å². The molecule has 32 heavy (non-hydrogen) atoms. The van der Waals surface area contributed by atoms with Crippen molar-refractivity contribution in [2.75, 3.05) is 10.0 Å². The number of fused-ring (bicyclic) bond motifs is 1. The van der Waals surface area contributed by atoms with Gasteiger partial charge in [-0.1, -0.05) is 30.3 Å². The zero-order valence-electron chi connectivity index (χ0n) is 18.0. The molecule has 7 nitrogen and oxygen atoms in total. The fourth-order valence-corrected chi connectivity index (χ4v) is 4.55. The summed E-state index contributed by atoms with van der Waals surface area (Å²) < 4.78 is 29.5. The number of hydrogen-bond acceptors (Lipinski definition) is 4. The van der Waals surface area contributed by atoms with Crippen LogP contribution in [-0.4, -0.2) is 23.9 Å². The number of amides is 1. The molecule has 0 aliphatic rings. The van der Waals surface area contributed by atoms with Crippen LogP contribution in [0.25, 0.3) is 11.0 Å². The lowest BCUT2D eigenvalue weighted by molar-refractivity contribution is 0.102. The van der Waals surface area contributed by atoms with Crippen molar-refractivity contribution in [3.8, 4) is 0 Å². The van der Waals surface area contributed by atoms with Crippen molar-refractivity contribution < 1.29 is 13.2 Å². The Bertz CT molecular complexity index is 1370. The van der Waals surface area contributed by atoms with Gasteiger partial charge in [0.25, 0.3) is 15.9 Å². The minimum absolute atomic E-state index is 0.169. The number of carbonyl (C=O) groups is 1. The molecule has 0 aliphatic carbocycles. The molecule has 0 atom stereocenters. The first-order valence-corrected chi connectivity index (χ1v) is 11.6. The van der Waals surface area contributed by atoms with Gasteiger partial charge in [-0.2, -0.15) is 0 Å². The van der Waals surface area contributed by atoms with Gasteiger partial charge in [-0.3, -0.25) is 14.8 Å². The standard InChI is InChI=1S/C24H24N4O3S/c1-24(2,3)28-21-12-8-7-11-20(21)25-23(28)26-22(29)17-13-15-18(16-14-17)27-32(30,31)19-9-5-4-6-10-19/h4-16,27H,1-3H3,(H,25,26,29). The van der Waals surface area contributed by atoms with E-state index in [0.29, 0.717) is 17.2 Å². The fraction of sp³-hybridized carbons (Fsp3) is 0.167. The summed E-state index contributed by atoms with van der Waals surface area (Å²) in [6.07, 6.45) is 0. The first-order chi connectivity index (χ1) is 15.1. The smallest absolute Gasteiger partial charge is 0.261 e. The Kier molecular flexibility index (Phi) is 5.48. The van der Waals surface area contributed by atoms with E-state index < -0.39 is 10.0 Å². The maximum atomic E-state index is 12.9. The van der Waals surface area contributed by atoms with E-state index in [-0.39, 0.29) is 16.3 Å². The normalized spacial score (nSPS) is 12.0. The first kappa shape index (κ1) is 21.6. The van der Waals surface area contributed by atoms with E-state index in [4.69, 9.17) is 0 Å². The predicted molar refractivity (Wildman–Crippen MR) is 126 cm³/mol. The fourth-order valence-electron chi connectivity index (χ4n) is 3.47. The third kappa shape index (κ3) is 4.36. The van der Waals surface area contributed by atoms with E-state index in [1.54, 1.807) is 42.5 Å². The highest BCUT2D eigenvalue weighted by atomic mass is 32.2. The second-order valence-corrected chi connectivity index (χ2v) is 10.1. The maximum Gasteiger partial charge on any atom is 0.261 e. The number of benzene rings is 3. The van der Waals surface area contributed by atoms with Crippen LogP contribution in [0.1, 0.15) is 31.1 Å². The van der Waals surface area contributed by atoms with Crippen molar-refractivity contribution in [3.63, 3.8) is 0 Å². The third-order valence-corrected chi connectivity index (χ3v) is 6.31. The van der Waals surface area contributed by atoms with Crippen LogP contribution in [0.2, 0.25) is 0 Å². The van der Waals surface area contributed by atoms with Gasteiger partial charge in [0.2, 0.25) is 5.95 Å². The lowest BCUT2D eigenvalue weighted by Crippen LogP contribution is -2.25. The minimum atomic E-state index is -3.70. The topological polar surface area (TPSA) is 93.1 Å². The molecule has 0 bridgehead atoms. The molecule has 0 radical (unpaired) electrons. The zero-order valence-corrected chi connectivity index (χ0v) is 18.8. The molecule has 0 saturated heterocycles. The highest BCUT2D eigenvalue weighted by Crippen LogP contribution is 2.28. The number of para-hydroxylation sites is 2. The molecule has 164 valence electrons. The Labute approximate surface area is 187 Å². The molecule has 1 heterocycles. The van der Waals surface area contributed by atoms with Crippen LogP contribution in [0.15, 0.2) is 83.8 Å². The Balaban J connectivity index is 1.56. The summed E-state index contributed by atoms with van der Waals surface area (Å²) in [4.78, 5) is 17.6. The van der Waals surface area contributed by atoms with Crippen molar-refractivity contribution in [1.82, 2.24) is 9.55 Å². The molecule has 0 aliphatic heterocycles. The number of anilines is 2. The number of rotatable bonds is 5. The highest BCUT2D eigenvalue weighted by molar-refractivity contribution is 7.92. The first-order valence-electron chi connectivity index (χ1n) is 10.1. The van der Waals surface area contributed by atoms with E-state index in [0.717, 1.165) is 11.0 Å². The molecule has 8 heteroatoms. The summed E-state index contributed by atoms with van der Waals surface area (Å²) in [5.74, 6) is 0.126. The van der Waals surface area contributed by atoms with Crippen LogP contribution >= 0.6 is 0 Å². The summed E-state index contributed by atoms with van der Waals surface area (Å²) in [5.41, 5.74) is 2.19. The summed E-state index contributed by atoms with van der Waals surface area (Å²) >= 11 is 0. The van der Waals surface area contributed by atoms with Gasteiger partial charge in [-0.25, -0.2) is 13.4 Å². The lowest BCUT2D eigenvalue weighted by atomic mass is 10.1. The van der Waals surface area contributed by atoms with Gasteiger partial charge in [-0.15, -0.1) is 0 Å². The van der Waals surface area contributed by atoms with Crippen LogP contribution < -0.4 is 10.0 Å². The molecule has 0 spiro atoms. The van der Waals surface area contributed by atoms with Crippen molar-refractivity contribution in [3.05, 3.63) is 84.4 Å². The number of nitrogens with zero attached hydrogens (tertiary/aromatic N) is 2. The quantitative estimate of drug-likeness (QED) is 0.457. The molecule has 4 rings (SSSR count). The second kappa shape index (κ2) is 8.12. The number of nitrogens with one attached hydrogen (secondary N) is 2. The molecule has 3 aromatic carbocycles. The second-order valence-electron chi connectivity index (χ2n) is 8.38. The minimum Gasteiger partial charge on any atom is -0.305 e. The van der Waals surface area contributed by atoms with Crippen LogP contribution in [-0.2, 0) is 15.6 Å². The van der Waals surface area contributed by atoms with Gasteiger partial charge in [-0.05, 0) is 69.3 Å². The molecular formula is C24H24N4O3S. The van der Waals surface area contributed by atoms with Gasteiger partial charge in [0, 0.05) is 16.8 Å². The predicted octanol–water partition coefficient (Wildman–Crippen LogP) is 4.84. The average Bonchev–Trinajstić information content (AvgIpc) is 3.13. The Morgan fingerprint density at radius 1 is 0.875 bits per heavy atom. The van der Waals surface area contributed by atoms with E-state index in [9.17, 15) is 13.2 Å². The molecular weight excluding hydrogens is 424 g/mol. The number of carbonyl (C=O) groups excluding carboxylic acids is 1. The average molecular weight is 449 g/mol. The molecule has 0 fully saturated rings. The lowest BCUT2D eigenvalue weighted by Gasteiger charge is -2.24. The largest absolute Gasteiger partial charge is 0.305 e. The van der Waals surface area contributed by atoms with Crippen molar-refractivity contribution in [2.24, 2.45) is 0 Å². The van der Waals surface area contributed by atoms with E-state index in [1.165, 1.54) is 12.1 Å². The monoisotopic (exact) mass is 448 g/mol. The zero-order chi connectivity index (χ0) is 22.9. The summed E-state index contributed by atoms with van der Waals surface area (Å²) in [5, 5.41) is 2.89. The molecule has 0 saturated carbocycles. The summed E-state index contributed by atoms with van der Waals surface area (Å²) in [6, 6.07) is 22.1. The maximum absolute atomic E-state index is 12.9. The van der Waals surface area contributed by atoms with E-state index >= 15 is 0 Å². The number of aromatic nitrogens is 2. The van der Waals surface area contributed by atoms with Crippen molar-refractivity contribution >= 4 is 38.6 Å². The Morgan fingerprint density at radius 3 is 2.16 bits per heavy atom. The Hall–Kier alpha value is -3.65. The highest BCUT2D eigenvalue weighted by Gasteiger charge is 2.23. The number of hydrogen-bond donors (Lipinski definition) is 2. The number of imidazole rings is 1. The summed E-state index contributed by atoms with van der Waals surface area (Å²) in [7, 11) is -3.70.